The zero-order chi connectivity index (χ0) is 18.8. The molecule has 0 aliphatic carbocycles. The van der Waals surface area contributed by atoms with Gasteiger partial charge < -0.3 is 9.64 Å². The lowest BCUT2D eigenvalue weighted by Gasteiger charge is -2.07. The molecule has 1 aliphatic rings. The number of carbonyl (C=O) groups is 2. The predicted molar refractivity (Wildman–Crippen MR) is 103 cm³/mol. The van der Waals surface area contributed by atoms with Crippen molar-refractivity contribution in [1.29, 1.82) is 0 Å². The second-order valence-electron chi connectivity index (χ2n) is 6.48. The van der Waals surface area contributed by atoms with E-state index in [2.05, 4.69) is 0 Å². The Bertz CT molecular complexity index is 952. The second-order valence-corrected chi connectivity index (χ2v) is 6.48. The molecule has 3 aromatic carbocycles. The molecule has 1 saturated heterocycles. The molecule has 0 aromatic heterocycles. The van der Waals surface area contributed by atoms with Gasteiger partial charge in [-0.2, -0.15) is 0 Å². The van der Waals surface area contributed by atoms with Crippen LogP contribution in [0, 0.1) is 0 Å². The molecular weight excluding hydrogens is 338 g/mol. The van der Waals surface area contributed by atoms with Crippen molar-refractivity contribution in [1.82, 2.24) is 4.90 Å². The number of amides is 1. The molecule has 0 unspecified atom stereocenters. The van der Waals surface area contributed by atoms with Gasteiger partial charge in [-0.25, -0.2) is 4.79 Å². The van der Waals surface area contributed by atoms with Crippen molar-refractivity contribution in [2.24, 2.45) is 0 Å². The summed E-state index contributed by atoms with van der Waals surface area (Å²) >= 11 is 0. The average Bonchev–Trinajstić information content (AvgIpc) is 3.50. The fourth-order valence-corrected chi connectivity index (χ4v) is 3.43. The minimum absolute atomic E-state index is 0.168. The van der Waals surface area contributed by atoms with Gasteiger partial charge in [-0.3, -0.25) is 4.79 Å². The topological polar surface area (TPSA) is 46.4 Å². The molecule has 4 rings (SSSR count). The summed E-state index contributed by atoms with van der Waals surface area (Å²) in [6, 6.07) is 26.2. The number of benzene rings is 3. The van der Waals surface area contributed by atoms with Crippen LogP contribution in [0.5, 0.6) is 0 Å². The van der Waals surface area contributed by atoms with Crippen LogP contribution >= 0.6 is 0 Å². The summed E-state index contributed by atoms with van der Waals surface area (Å²) in [5.74, 6) is -0.558. The Morgan fingerprint density at radius 2 is 1.33 bits per heavy atom. The maximum Gasteiger partial charge on any atom is 0.331 e. The molecule has 0 saturated carbocycles. The van der Waals surface area contributed by atoms with Crippen molar-refractivity contribution in [3.05, 3.63) is 96.1 Å². The lowest BCUT2D eigenvalue weighted by atomic mass is 10.0. The minimum Gasteiger partial charge on any atom is -0.467 e. The molecule has 134 valence electrons. The Morgan fingerprint density at radius 1 is 0.778 bits per heavy atom. The number of nitrogens with zero attached hydrogens (tertiary/aromatic N) is 1. The standard InChI is InChI=1S/C23H19NO3/c1-27-23(26)21-20(18-10-6-3-7-11-18)24(21)22(25)19-14-12-17(13-15-19)16-8-4-2-5-9-16/h2-15,20-21H,1H3/t20-,21-,24?/m1/s1. The first-order chi connectivity index (χ1) is 13.2. The van der Waals surface area contributed by atoms with Crippen molar-refractivity contribution in [2.75, 3.05) is 7.11 Å². The quantitative estimate of drug-likeness (QED) is 0.522. The summed E-state index contributed by atoms with van der Waals surface area (Å²) in [6.45, 7) is 0. The van der Waals surface area contributed by atoms with Gasteiger partial charge in [0.05, 0.1) is 13.2 Å². The molecule has 0 bridgehead atoms. The number of carbonyl (C=O) groups excluding carboxylic acids is 2. The third-order valence-electron chi connectivity index (χ3n) is 4.87. The van der Waals surface area contributed by atoms with Crippen LogP contribution in [-0.4, -0.2) is 29.9 Å². The maximum absolute atomic E-state index is 13.0. The average molecular weight is 357 g/mol. The van der Waals surface area contributed by atoms with Crippen LogP contribution in [0.3, 0.4) is 0 Å². The number of hydrogen-bond acceptors (Lipinski definition) is 3. The molecule has 27 heavy (non-hydrogen) atoms. The van der Waals surface area contributed by atoms with Crippen LogP contribution in [0.1, 0.15) is 22.0 Å². The first kappa shape index (κ1) is 17.0. The van der Waals surface area contributed by atoms with E-state index in [1.165, 1.54) is 7.11 Å². The van der Waals surface area contributed by atoms with E-state index in [-0.39, 0.29) is 11.9 Å². The third kappa shape index (κ3) is 3.22. The highest BCUT2D eigenvalue weighted by Crippen LogP contribution is 2.44. The number of esters is 1. The largest absolute Gasteiger partial charge is 0.467 e. The summed E-state index contributed by atoms with van der Waals surface area (Å²) in [5, 5.41) is 0. The molecule has 2 atom stereocenters. The Morgan fingerprint density at radius 3 is 1.93 bits per heavy atom. The van der Waals surface area contributed by atoms with Crippen molar-refractivity contribution in [2.45, 2.75) is 12.1 Å². The van der Waals surface area contributed by atoms with E-state index in [4.69, 9.17) is 4.74 Å². The number of hydrogen-bond donors (Lipinski definition) is 0. The summed E-state index contributed by atoms with van der Waals surface area (Å²) < 4.78 is 4.89. The van der Waals surface area contributed by atoms with E-state index in [0.717, 1.165) is 16.7 Å². The molecule has 4 nitrogen and oxygen atoms in total. The fraction of sp³-hybridized carbons (Fsp3) is 0.130. The number of rotatable bonds is 4. The Labute approximate surface area is 158 Å². The lowest BCUT2D eigenvalue weighted by Crippen LogP contribution is -2.19. The van der Waals surface area contributed by atoms with Crippen LogP contribution in [0.25, 0.3) is 11.1 Å². The van der Waals surface area contributed by atoms with Gasteiger partial charge >= 0.3 is 5.97 Å². The number of methoxy groups -OCH3 is 1. The highest BCUT2D eigenvalue weighted by molar-refractivity contribution is 6.01. The maximum atomic E-state index is 13.0. The van der Waals surface area contributed by atoms with E-state index < -0.39 is 12.0 Å². The van der Waals surface area contributed by atoms with Gasteiger partial charge in [0.15, 0.2) is 6.04 Å². The molecule has 1 aliphatic heterocycles. The minimum atomic E-state index is -0.571. The van der Waals surface area contributed by atoms with E-state index in [1.807, 2.05) is 72.8 Å². The van der Waals surface area contributed by atoms with Crippen molar-refractivity contribution in [3.63, 3.8) is 0 Å². The van der Waals surface area contributed by atoms with E-state index in [1.54, 1.807) is 17.0 Å². The van der Waals surface area contributed by atoms with Crippen LogP contribution in [-0.2, 0) is 9.53 Å². The van der Waals surface area contributed by atoms with Gasteiger partial charge in [-0.05, 0) is 28.8 Å². The second kappa shape index (κ2) is 7.08. The highest BCUT2D eigenvalue weighted by Gasteiger charge is 2.57. The van der Waals surface area contributed by atoms with Crippen LogP contribution < -0.4 is 0 Å². The Kier molecular flexibility index (Phi) is 4.47. The third-order valence-corrected chi connectivity index (χ3v) is 4.87. The molecule has 0 N–H and O–H groups in total. The molecule has 1 fully saturated rings. The van der Waals surface area contributed by atoms with Gasteiger partial charge in [0, 0.05) is 5.56 Å². The van der Waals surface area contributed by atoms with Crippen molar-refractivity contribution >= 4 is 11.9 Å². The smallest absolute Gasteiger partial charge is 0.331 e. The first-order valence-corrected chi connectivity index (χ1v) is 8.81. The zero-order valence-corrected chi connectivity index (χ0v) is 14.9. The van der Waals surface area contributed by atoms with Crippen LogP contribution in [0.15, 0.2) is 84.9 Å². The normalized spacial score (nSPS) is 18.0. The molecule has 1 heterocycles. The highest BCUT2D eigenvalue weighted by atomic mass is 16.5. The van der Waals surface area contributed by atoms with Crippen LogP contribution in [0.4, 0.5) is 0 Å². The SMILES string of the molecule is COC(=O)[C@H]1[C@@H](c2ccccc2)N1C(=O)c1ccc(-c2ccccc2)cc1. The Hall–Kier alpha value is -3.40. The van der Waals surface area contributed by atoms with Crippen molar-refractivity contribution in [3.8, 4) is 11.1 Å². The van der Waals surface area contributed by atoms with Gasteiger partial charge in [0.2, 0.25) is 0 Å². The zero-order valence-electron chi connectivity index (χ0n) is 14.9. The molecule has 3 aromatic rings. The lowest BCUT2D eigenvalue weighted by molar-refractivity contribution is -0.140. The summed E-state index contributed by atoms with van der Waals surface area (Å²) in [6.07, 6.45) is 0. The molecule has 1 amide bonds. The van der Waals surface area contributed by atoms with Crippen molar-refractivity contribution < 1.29 is 14.3 Å². The molecular formula is C23H19NO3. The Balaban J connectivity index is 1.59. The first-order valence-electron chi connectivity index (χ1n) is 8.81. The summed E-state index contributed by atoms with van der Waals surface area (Å²) in [7, 11) is 1.35. The van der Waals surface area contributed by atoms with Crippen LogP contribution in [0.2, 0.25) is 0 Å². The number of ether oxygens (including phenoxy) is 1. The molecule has 0 spiro atoms. The monoisotopic (exact) mass is 357 g/mol. The predicted octanol–water partition coefficient (Wildman–Crippen LogP) is 4.09. The molecule has 0 radical (unpaired) electrons. The summed E-state index contributed by atoms with van der Waals surface area (Å²) in [5.41, 5.74) is 3.63. The fourth-order valence-electron chi connectivity index (χ4n) is 3.43. The van der Waals surface area contributed by atoms with Gasteiger partial charge in [0.25, 0.3) is 5.91 Å². The van der Waals surface area contributed by atoms with Gasteiger partial charge in [-0.15, -0.1) is 0 Å². The van der Waals surface area contributed by atoms with E-state index in [9.17, 15) is 9.59 Å². The van der Waals surface area contributed by atoms with E-state index in [0.29, 0.717) is 5.56 Å². The van der Waals surface area contributed by atoms with Gasteiger partial charge in [-0.1, -0.05) is 72.8 Å². The summed E-state index contributed by atoms with van der Waals surface area (Å²) in [4.78, 5) is 26.7. The van der Waals surface area contributed by atoms with E-state index >= 15 is 0 Å². The van der Waals surface area contributed by atoms with Gasteiger partial charge in [0.1, 0.15) is 0 Å². The molecule has 4 heteroatoms.